The number of carbonyl (C=O) groups is 1. The van der Waals surface area contributed by atoms with Gasteiger partial charge in [0, 0.05) is 19.5 Å². The molecule has 1 fully saturated rings. The summed E-state index contributed by atoms with van der Waals surface area (Å²) in [7, 11) is 1.39. The maximum Gasteiger partial charge on any atom is 0.573 e. The molecule has 0 saturated heterocycles. The van der Waals surface area contributed by atoms with Crippen LogP contribution in [0.1, 0.15) is 31.2 Å². The number of carbonyl (C=O) groups excluding carboxylic acids is 1. The Morgan fingerprint density at radius 1 is 1.08 bits per heavy atom. The number of alkyl halides is 6. The average Bonchev–Trinajstić information content (AvgIpc) is 2.54. The second kappa shape index (κ2) is 7.75. The van der Waals surface area contributed by atoms with E-state index in [-0.39, 0.29) is 19.4 Å². The second-order valence-corrected chi connectivity index (χ2v) is 6.43. The summed E-state index contributed by atoms with van der Waals surface area (Å²) in [6.07, 6.45) is -8.08. The van der Waals surface area contributed by atoms with Crippen LogP contribution in [-0.4, -0.2) is 30.4 Å². The first-order valence-corrected chi connectivity index (χ1v) is 8.14. The maximum atomic E-state index is 13.1. The topological polar surface area (TPSA) is 29.5 Å². The van der Waals surface area contributed by atoms with Crippen LogP contribution in [0.2, 0.25) is 0 Å². The van der Waals surface area contributed by atoms with Crippen LogP contribution in [0.5, 0.6) is 5.75 Å². The summed E-state index contributed by atoms with van der Waals surface area (Å²) < 4.78 is 79.6. The lowest BCUT2D eigenvalue weighted by atomic mass is 9.78. The van der Waals surface area contributed by atoms with E-state index >= 15 is 0 Å². The van der Waals surface area contributed by atoms with Gasteiger partial charge in [-0.2, -0.15) is 13.2 Å². The van der Waals surface area contributed by atoms with Gasteiger partial charge in [0.25, 0.3) is 0 Å². The van der Waals surface area contributed by atoms with Crippen molar-refractivity contribution in [1.29, 1.82) is 0 Å². The zero-order chi connectivity index (χ0) is 19.5. The molecule has 1 aliphatic carbocycles. The minimum absolute atomic E-state index is 0.00616. The lowest BCUT2D eigenvalue weighted by Crippen LogP contribution is -2.43. The number of hydrogen-bond acceptors (Lipinski definition) is 2. The molecule has 0 aliphatic heterocycles. The van der Waals surface area contributed by atoms with Crippen LogP contribution in [-0.2, 0) is 11.3 Å². The second-order valence-electron chi connectivity index (χ2n) is 6.43. The van der Waals surface area contributed by atoms with Crippen molar-refractivity contribution >= 4 is 5.91 Å². The van der Waals surface area contributed by atoms with Crippen molar-refractivity contribution in [2.75, 3.05) is 7.05 Å². The first-order chi connectivity index (χ1) is 12.0. The lowest BCUT2D eigenvalue weighted by Gasteiger charge is -2.34. The van der Waals surface area contributed by atoms with E-state index in [9.17, 15) is 31.1 Å². The fourth-order valence-corrected chi connectivity index (χ4v) is 3.25. The van der Waals surface area contributed by atoms with E-state index in [4.69, 9.17) is 0 Å². The van der Waals surface area contributed by atoms with E-state index in [0.29, 0.717) is 18.4 Å². The monoisotopic (exact) mass is 383 g/mol. The Hall–Kier alpha value is -1.93. The molecule has 1 aromatic rings. The molecule has 0 N–H and O–H groups in total. The normalized spacial score (nSPS) is 21.3. The molecule has 26 heavy (non-hydrogen) atoms. The summed E-state index contributed by atoms with van der Waals surface area (Å²) in [5.74, 6) is -3.75. The Morgan fingerprint density at radius 3 is 2.19 bits per heavy atom. The SMILES string of the molecule is CN(Cc1ccc(OC(F)(F)F)cc1)C(=O)C1CCCCC1C(F)(F)F. The molecule has 1 amide bonds. The number of hydrogen-bond donors (Lipinski definition) is 0. The Labute approximate surface area is 146 Å². The van der Waals surface area contributed by atoms with E-state index in [1.807, 2.05) is 0 Å². The van der Waals surface area contributed by atoms with Gasteiger partial charge in [0.1, 0.15) is 5.75 Å². The molecule has 3 nitrogen and oxygen atoms in total. The van der Waals surface area contributed by atoms with Crippen molar-refractivity contribution in [3.63, 3.8) is 0 Å². The highest BCUT2D eigenvalue weighted by Crippen LogP contribution is 2.42. The van der Waals surface area contributed by atoms with Crippen molar-refractivity contribution in [2.24, 2.45) is 11.8 Å². The molecule has 2 rings (SSSR count). The molecule has 0 bridgehead atoms. The Balaban J connectivity index is 2.02. The van der Waals surface area contributed by atoms with Crippen molar-refractivity contribution in [3.8, 4) is 5.75 Å². The maximum absolute atomic E-state index is 13.1. The average molecular weight is 383 g/mol. The smallest absolute Gasteiger partial charge is 0.406 e. The van der Waals surface area contributed by atoms with Gasteiger partial charge in [0.05, 0.1) is 5.92 Å². The van der Waals surface area contributed by atoms with Crippen molar-refractivity contribution < 1.29 is 35.9 Å². The highest BCUT2D eigenvalue weighted by Gasteiger charge is 2.48. The molecule has 1 aromatic carbocycles. The van der Waals surface area contributed by atoms with Crippen LogP contribution in [0.4, 0.5) is 26.3 Å². The number of benzene rings is 1. The minimum atomic E-state index is -4.80. The molecule has 1 saturated carbocycles. The van der Waals surface area contributed by atoms with Crippen LogP contribution in [0.3, 0.4) is 0 Å². The third kappa shape index (κ3) is 5.54. The number of ether oxygens (including phenoxy) is 1. The van der Waals surface area contributed by atoms with Gasteiger partial charge in [-0.25, -0.2) is 0 Å². The highest BCUT2D eigenvalue weighted by atomic mass is 19.4. The molecule has 0 radical (unpaired) electrons. The third-order valence-corrected chi connectivity index (χ3v) is 4.46. The van der Waals surface area contributed by atoms with Gasteiger partial charge in [-0.3, -0.25) is 4.79 Å². The standard InChI is InChI=1S/C17H19F6NO2/c1-24(10-11-6-8-12(9-7-11)26-17(21,22)23)15(25)13-4-2-3-5-14(13)16(18,19)20/h6-9,13-14H,2-5,10H2,1H3. The van der Waals surface area contributed by atoms with Crippen LogP contribution < -0.4 is 4.74 Å². The van der Waals surface area contributed by atoms with Crippen LogP contribution in [0.15, 0.2) is 24.3 Å². The van der Waals surface area contributed by atoms with Gasteiger partial charge < -0.3 is 9.64 Å². The van der Waals surface area contributed by atoms with Crippen LogP contribution in [0, 0.1) is 11.8 Å². The molecule has 1 aliphatic rings. The summed E-state index contributed by atoms with van der Waals surface area (Å²) >= 11 is 0. The van der Waals surface area contributed by atoms with Crippen LogP contribution >= 0.6 is 0 Å². The molecule has 2 unspecified atom stereocenters. The zero-order valence-electron chi connectivity index (χ0n) is 14.0. The predicted molar refractivity (Wildman–Crippen MR) is 81.1 cm³/mol. The lowest BCUT2D eigenvalue weighted by molar-refractivity contribution is -0.274. The van der Waals surface area contributed by atoms with Crippen molar-refractivity contribution in [1.82, 2.24) is 4.90 Å². The summed E-state index contributed by atoms with van der Waals surface area (Å²) in [4.78, 5) is 13.7. The van der Waals surface area contributed by atoms with Gasteiger partial charge in [0.15, 0.2) is 0 Å². The van der Waals surface area contributed by atoms with Gasteiger partial charge in [-0.15, -0.1) is 13.2 Å². The molecule has 146 valence electrons. The quantitative estimate of drug-likeness (QED) is 0.692. The fraction of sp³-hybridized carbons (Fsp3) is 0.588. The minimum Gasteiger partial charge on any atom is -0.406 e. The summed E-state index contributed by atoms with van der Waals surface area (Å²) in [5.41, 5.74) is 0.495. The molecule has 9 heteroatoms. The van der Waals surface area contributed by atoms with Crippen molar-refractivity contribution in [2.45, 2.75) is 44.8 Å². The summed E-state index contributed by atoms with van der Waals surface area (Å²) in [6, 6.07) is 4.88. The Kier molecular flexibility index (Phi) is 6.08. The van der Waals surface area contributed by atoms with Gasteiger partial charge in [0.2, 0.25) is 5.91 Å². The molecule has 0 spiro atoms. The molecule has 0 aromatic heterocycles. The number of rotatable bonds is 4. The molecule has 2 atom stereocenters. The van der Waals surface area contributed by atoms with E-state index in [1.165, 1.54) is 24.1 Å². The van der Waals surface area contributed by atoms with Gasteiger partial charge >= 0.3 is 12.5 Å². The number of nitrogens with zero attached hydrogens (tertiary/aromatic N) is 1. The molecular weight excluding hydrogens is 364 g/mol. The molecule has 0 heterocycles. The first-order valence-electron chi connectivity index (χ1n) is 8.14. The number of halogens is 6. The van der Waals surface area contributed by atoms with E-state index < -0.39 is 36.0 Å². The molecular formula is C17H19F6NO2. The van der Waals surface area contributed by atoms with E-state index in [1.54, 1.807) is 0 Å². The Bertz CT molecular complexity index is 611. The third-order valence-electron chi connectivity index (χ3n) is 4.46. The first kappa shape index (κ1) is 20.4. The zero-order valence-corrected chi connectivity index (χ0v) is 14.0. The van der Waals surface area contributed by atoms with Crippen LogP contribution in [0.25, 0.3) is 0 Å². The Morgan fingerprint density at radius 2 is 1.65 bits per heavy atom. The highest BCUT2D eigenvalue weighted by molar-refractivity contribution is 5.79. The van der Waals surface area contributed by atoms with E-state index in [0.717, 1.165) is 12.1 Å². The summed E-state index contributed by atoms with van der Waals surface area (Å²) in [5, 5.41) is 0. The van der Waals surface area contributed by atoms with Gasteiger partial charge in [-0.05, 0) is 30.5 Å². The van der Waals surface area contributed by atoms with Crippen molar-refractivity contribution in [3.05, 3.63) is 29.8 Å². The fourth-order valence-electron chi connectivity index (χ4n) is 3.25. The van der Waals surface area contributed by atoms with Gasteiger partial charge in [-0.1, -0.05) is 25.0 Å². The predicted octanol–water partition coefficient (Wildman–Crippen LogP) is 4.91. The van der Waals surface area contributed by atoms with E-state index in [2.05, 4.69) is 4.74 Å². The number of amides is 1. The summed E-state index contributed by atoms with van der Waals surface area (Å²) in [6.45, 7) is 0.00616. The largest absolute Gasteiger partial charge is 0.573 e.